The SMILES string of the molecule is COc1ccc(S(=O)(=O)Nc2ccc3sc(NC(=O)c4ccc(C)cc4)nc3c2)cc1. The Kier molecular flexibility index (Phi) is 5.62. The number of rotatable bonds is 6. The van der Waals surface area contributed by atoms with Crippen molar-refractivity contribution < 1.29 is 17.9 Å². The molecule has 0 bridgehead atoms. The number of nitrogens with one attached hydrogen (secondary N) is 2. The summed E-state index contributed by atoms with van der Waals surface area (Å²) in [5.41, 5.74) is 2.57. The maximum atomic E-state index is 12.6. The largest absolute Gasteiger partial charge is 0.497 e. The number of anilines is 2. The van der Waals surface area contributed by atoms with Crippen molar-refractivity contribution in [3.05, 3.63) is 77.9 Å². The van der Waals surface area contributed by atoms with Crippen LogP contribution in [0.3, 0.4) is 0 Å². The van der Waals surface area contributed by atoms with Crippen molar-refractivity contribution in [1.29, 1.82) is 0 Å². The van der Waals surface area contributed by atoms with Crippen LogP contribution in [0.4, 0.5) is 10.8 Å². The maximum absolute atomic E-state index is 12.6. The molecule has 0 aliphatic heterocycles. The number of methoxy groups -OCH3 is 1. The van der Waals surface area contributed by atoms with Crippen LogP contribution in [0, 0.1) is 6.92 Å². The summed E-state index contributed by atoms with van der Waals surface area (Å²) in [5.74, 6) is 0.322. The highest BCUT2D eigenvalue weighted by Gasteiger charge is 2.16. The molecule has 0 aliphatic carbocycles. The number of carbonyl (C=O) groups is 1. The van der Waals surface area contributed by atoms with Gasteiger partial charge in [-0.25, -0.2) is 13.4 Å². The van der Waals surface area contributed by atoms with Crippen LogP contribution in [0.15, 0.2) is 71.6 Å². The van der Waals surface area contributed by atoms with Gasteiger partial charge < -0.3 is 4.74 Å². The number of hydrogen-bond acceptors (Lipinski definition) is 6. The van der Waals surface area contributed by atoms with Crippen LogP contribution >= 0.6 is 11.3 Å². The summed E-state index contributed by atoms with van der Waals surface area (Å²) in [6.07, 6.45) is 0. The highest BCUT2D eigenvalue weighted by Crippen LogP contribution is 2.29. The molecule has 158 valence electrons. The van der Waals surface area contributed by atoms with Gasteiger partial charge in [0.2, 0.25) is 0 Å². The molecule has 0 saturated heterocycles. The second-order valence-electron chi connectivity index (χ2n) is 6.80. The van der Waals surface area contributed by atoms with Gasteiger partial charge >= 0.3 is 0 Å². The number of sulfonamides is 1. The summed E-state index contributed by atoms with van der Waals surface area (Å²) in [7, 11) is -2.24. The molecule has 0 spiro atoms. The third kappa shape index (κ3) is 4.68. The summed E-state index contributed by atoms with van der Waals surface area (Å²) < 4.78 is 33.7. The van der Waals surface area contributed by atoms with Gasteiger partial charge in [-0.2, -0.15) is 0 Å². The molecule has 4 aromatic rings. The minimum absolute atomic E-state index is 0.123. The molecule has 0 radical (unpaired) electrons. The number of carbonyl (C=O) groups excluding carboxylic acids is 1. The Balaban J connectivity index is 1.53. The van der Waals surface area contributed by atoms with Crippen molar-refractivity contribution >= 4 is 48.3 Å². The Bertz CT molecular complexity index is 1350. The van der Waals surface area contributed by atoms with E-state index in [9.17, 15) is 13.2 Å². The fraction of sp³-hybridized carbons (Fsp3) is 0.0909. The van der Waals surface area contributed by atoms with Crippen LogP contribution in [0.2, 0.25) is 0 Å². The lowest BCUT2D eigenvalue weighted by Crippen LogP contribution is -2.12. The van der Waals surface area contributed by atoms with E-state index in [1.54, 1.807) is 42.5 Å². The lowest BCUT2D eigenvalue weighted by atomic mass is 10.1. The molecular formula is C22H19N3O4S2. The Hall–Kier alpha value is -3.43. The molecule has 0 saturated carbocycles. The number of fused-ring (bicyclic) bond motifs is 1. The fourth-order valence-electron chi connectivity index (χ4n) is 2.89. The van der Waals surface area contributed by atoms with Crippen LogP contribution in [-0.4, -0.2) is 26.4 Å². The lowest BCUT2D eigenvalue weighted by molar-refractivity contribution is 0.102. The fourth-order valence-corrected chi connectivity index (χ4v) is 4.78. The van der Waals surface area contributed by atoms with Crippen molar-refractivity contribution in [2.75, 3.05) is 17.1 Å². The predicted octanol–water partition coefficient (Wildman–Crippen LogP) is 4.67. The average Bonchev–Trinajstić information content (AvgIpc) is 3.15. The van der Waals surface area contributed by atoms with E-state index in [-0.39, 0.29) is 10.8 Å². The summed E-state index contributed by atoms with van der Waals surface area (Å²) in [5, 5.41) is 3.23. The van der Waals surface area contributed by atoms with E-state index in [2.05, 4.69) is 15.0 Å². The molecular weight excluding hydrogens is 434 g/mol. The molecule has 31 heavy (non-hydrogen) atoms. The molecule has 0 unspecified atom stereocenters. The first-order valence-electron chi connectivity index (χ1n) is 9.29. The van der Waals surface area contributed by atoms with Gasteiger partial charge in [0.05, 0.1) is 27.9 Å². The Morgan fingerprint density at radius 3 is 2.39 bits per heavy atom. The zero-order valence-corrected chi connectivity index (χ0v) is 18.4. The number of thiazole rings is 1. The Morgan fingerprint density at radius 1 is 1.00 bits per heavy atom. The van der Waals surface area contributed by atoms with Gasteiger partial charge in [-0.15, -0.1) is 0 Å². The normalized spacial score (nSPS) is 11.3. The second kappa shape index (κ2) is 8.37. The molecule has 9 heteroatoms. The molecule has 7 nitrogen and oxygen atoms in total. The molecule has 4 rings (SSSR count). The van der Waals surface area contributed by atoms with Gasteiger partial charge in [0.25, 0.3) is 15.9 Å². The maximum Gasteiger partial charge on any atom is 0.261 e. The average molecular weight is 454 g/mol. The van der Waals surface area contributed by atoms with Crippen molar-refractivity contribution in [1.82, 2.24) is 4.98 Å². The van der Waals surface area contributed by atoms with Crippen LogP contribution < -0.4 is 14.8 Å². The number of amides is 1. The standard InChI is InChI=1S/C22H19N3O4S2/c1-14-3-5-15(6-4-14)21(26)24-22-23-19-13-16(7-12-20(19)30-22)25-31(27,28)18-10-8-17(29-2)9-11-18/h3-13,25H,1-2H3,(H,23,24,26). The number of nitrogens with zero attached hydrogens (tertiary/aromatic N) is 1. The highest BCUT2D eigenvalue weighted by atomic mass is 32.2. The van der Waals surface area contributed by atoms with Gasteiger partial charge in [0.1, 0.15) is 5.75 Å². The van der Waals surface area contributed by atoms with Crippen molar-refractivity contribution in [3.8, 4) is 5.75 Å². The summed E-state index contributed by atoms with van der Waals surface area (Å²) in [6, 6.07) is 18.4. The minimum Gasteiger partial charge on any atom is -0.497 e. The van der Waals surface area contributed by atoms with E-state index >= 15 is 0 Å². The van der Waals surface area contributed by atoms with Crippen molar-refractivity contribution in [2.24, 2.45) is 0 Å². The monoisotopic (exact) mass is 453 g/mol. The highest BCUT2D eigenvalue weighted by molar-refractivity contribution is 7.92. The van der Waals surface area contributed by atoms with E-state index in [1.807, 2.05) is 19.1 Å². The van der Waals surface area contributed by atoms with E-state index in [4.69, 9.17) is 4.74 Å². The lowest BCUT2D eigenvalue weighted by Gasteiger charge is -2.08. The van der Waals surface area contributed by atoms with Gasteiger partial charge in [-0.1, -0.05) is 29.0 Å². The summed E-state index contributed by atoms with van der Waals surface area (Å²) in [6.45, 7) is 1.95. The molecule has 0 aliphatic rings. The van der Waals surface area contributed by atoms with Gasteiger partial charge in [-0.3, -0.25) is 14.8 Å². The van der Waals surface area contributed by atoms with E-state index in [0.29, 0.717) is 27.6 Å². The third-order valence-corrected chi connectivity index (χ3v) is 6.89. The molecule has 1 amide bonds. The van der Waals surface area contributed by atoms with Crippen molar-refractivity contribution in [3.63, 3.8) is 0 Å². The number of aryl methyl sites for hydroxylation is 1. The Labute approximate surface area is 183 Å². The number of ether oxygens (including phenoxy) is 1. The summed E-state index contributed by atoms with van der Waals surface area (Å²) in [4.78, 5) is 17.0. The van der Waals surface area contributed by atoms with Crippen LogP contribution in [0.1, 0.15) is 15.9 Å². The van der Waals surface area contributed by atoms with Gasteiger partial charge in [-0.05, 0) is 61.5 Å². The van der Waals surface area contributed by atoms with Crippen LogP contribution in [-0.2, 0) is 10.0 Å². The van der Waals surface area contributed by atoms with Crippen LogP contribution in [0.5, 0.6) is 5.75 Å². The molecule has 0 fully saturated rings. The number of hydrogen-bond donors (Lipinski definition) is 2. The molecule has 1 aromatic heterocycles. The zero-order chi connectivity index (χ0) is 22.0. The smallest absolute Gasteiger partial charge is 0.261 e. The van der Waals surface area contributed by atoms with Crippen molar-refractivity contribution in [2.45, 2.75) is 11.8 Å². The van der Waals surface area contributed by atoms with E-state index < -0.39 is 10.0 Å². The van der Waals surface area contributed by atoms with E-state index in [0.717, 1.165) is 10.3 Å². The topological polar surface area (TPSA) is 97.4 Å². The summed E-state index contributed by atoms with van der Waals surface area (Å²) >= 11 is 1.32. The minimum atomic E-state index is -3.76. The van der Waals surface area contributed by atoms with Gasteiger partial charge in [0.15, 0.2) is 5.13 Å². The predicted molar refractivity (Wildman–Crippen MR) is 123 cm³/mol. The van der Waals surface area contributed by atoms with Gasteiger partial charge in [0, 0.05) is 5.56 Å². The first kappa shape index (κ1) is 20.8. The third-order valence-electron chi connectivity index (χ3n) is 4.54. The first-order valence-corrected chi connectivity index (χ1v) is 11.6. The Morgan fingerprint density at radius 2 is 1.71 bits per heavy atom. The first-order chi connectivity index (χ1) is 14.8. The quantitative estimate of drug-likeness (QED) is 0.442. The zero-order valence-electron chi connectivity index (χ0n) is 16.7. The van der Waals surface area contributed by atoms with Crippen LogP contribution in [0.25, 0.3) is 10.2 Å². The molecule has 1 heterocycles. The van der Waals surface area contributed by atoms with E-state index in [1.165, 1.54) is 30.6 Å². The number of benzene rings is 3. The molecule has 3 aromatic carbocycles. The number of aromatic nitrogens is 1. The molecule has 0 atom stereocenters. The second-order valence-corrected chi connectivity index (χ2v) is 9.52. The molecule has 2 N–H and O–H groups in total.